The predicted octanol–water partition coefficient (Wildman–Crippen LogP) is 1.91. The highest BCUT2D eigenvalue weighted by Crippen LogP contribution is 2.24. The summed E-state index contributed by atoms with van der Waals surface area (Å²) < 4.78 is 19.0. The molecule has 1 aliphatic heterocycles. The highest BCUT2D eigenvalue weighted by atomic mass is 19.1. The van der Waals surface area contributed by atoms with Gasteiger partial charge in [0.15, 0.2) is 0 Å². The smallest absolute Gasteiger partial charge is 0.123 e. The van der Waals surface area contributed by atoms with Gasteiger partial charge in [-0.1, -0.05) is 0 Å². The number of halogens is 1. The molecule has 1 fully saturated rings. The molecule has 1 unspecified atom stereocenters. The van der Waals surface area contributed by atoms with E-state index in [9.17, 15) is 9.50 Å². The first-order valence-electron chi connectivity index (χ1n) is 7.40. The van der Waals surface area contributed by atoms with E-state index >= 15 is 0 Å². The standard InChI is InChI=1S/C16H25FN2O2/c1-16(2,3)18-9-12-8-13(17)4-5-15(12)19-6-7-21-14(10-19)11-20/h4-5,8,14,18,20H,6-7,9-11H2,1-3H3. The third kappa shape index (κ3) is 4.66. The summed E-state index contributed by atoms with van der Waals surface area (Å²) in [6.45, 7) is 8.84. The third-order valence-corrected chi connectivity index (χ3v) is 3.53. The molecule has 1 aromatic carbocycles. The zero-order valence-electron chi connectivity index (χ0n) is 13.0. The number of nitrogens with zero attached hydrogens (tertiary/aromatic N) is 1. The van der Waals surface area contributed by atoms with Gasteiger partial charge in [0.1, 0.15) is 5.82 Å². The summed E-state index contributed by atoms with van der Waals surface area (Å²) in [6, 6.07) is 4.88. The van der Waals surface area contributed by atoms with E-state index in [4.69, 9.17) is 4.74 Å². The van der Waals surface area contributed by atoms with Crippen molar-refractivity contribution in [2.45, 2.75) is 39.0 Å². The highest BCUT2D eigenvalue weighted by Gasteiger charge is 2.22. The molecule has 0 saturated carbocycles. The average molecular weight is 296 g/mol. The number of ether oxygens (including phenoxy) is 1. The molecule has 1 saturated heterocycles. The molecule has 1 heterocycles. The van der Waals surface area contributed by atoms with Gasteiger partial charge in [0.2, 0.25) is 0 Å². The first-order valence-corrected chi connectivity index (χ1v) is 7.40. The molecule has 0 spiro atoms. The van der Waals surface area contributed by atoms with E-state index in [0.29, 0.717) is 19.7 Å². The maximum atomic E-state index is 13.6. The number of hydrogen-bond acceptors (Lipinski definition) is 4. The molecule has 4 nitrogen and oxygen atoms in total. The molecule has 1 aliphatic rings. The summed E-state index contributed by atoms with van der Waals surface area (Å²) in [5.41, 5.74) is 1.92. The zero-order valence-corrected chi connectivity index (χ0v) is 13.0. The first-order chi connectivity index (χ1) is 9.89. The quantitative estimate of drug-likeness (QED) is 0.891. The summed E-state index contributed by atoms with van der Waals surface area (Å²) in [5.74, 6) is -0.226. The number of aliphatic hydroxyl groups excluding tert-OH is 1. The SMILES string of the molecule is CC(C)(C)NCc1cc(F)ccc1N1CCOC(CO)C1. The van der Waals surface area contributed by atoms with E-state index in [1.165, 1.54) is 6.07 Å². The van der Waals surface area contributed by atoms with Gasteiger partial charge >= 0.3 is 0 Å². The van der Waals surface area contributed by atoms with Crippen LogP contribution in [0, 0.1) is 5.82 Å². The van der Waals surface area contributed by atoms with E-state index in [1.54, 1.807) is 6.07 Å². The second-order valence-electron chi connectivity index (χ2n) is 6.50. The topological polar surface area (TPSA) is 44.7 Å². The van der Waals surface area contributed by atoms with Crippen molar-refractivity contribution < 1.29 is 14.2 Å². The van der Waals surface area contributed by atoms with E-state index in [2.05, 4.69) is 31.0 Å². The molecule has 0 bridgehead atoms. The van der Waals surface area contributed by atoms with Gasteiger partial charge in [-0.3, -0.25) is 0 Å². The van der Waals surface area contributed by atoms with Crippen molar-refractivity contribution in [3.8, 4) is 0 Å². The van der Waals surface area contributed by atoms with Gasteiger partial charge in [0, 0.05) is 30.9 Å². The van der Waals surface area contributed by atoms with Crippen LogP contribution in [0.15, 0.2) is 18.2 Å². The molecule has 0 aliphatic carbocycles. The van der Waals surface area contributed by atoms with Crippen molar-refractivity contribution in [1.82, 2.24) is 5.32 Å². The molecule has 1 aromatic rings. The second kappa shape index (κ2) is 6.73. The number of nitrogens with one attached hydrogen (secondary N) is 1. The van der Waals surface area contributed by atoms with Crippen LogP contribution in [0.5, 0.6) is 0 Å². The molecule has 1 atom stereocenters. The van der Waals surface area contributed by atoms with Gasteiger partial charge in [-0.25, -0.2) is 4.39 Å². The van der Waals surface area contributed by atoms with Crippen LogP contribution in [0.3, 0.4) is 0 Å². The molecule has 5 heteroatoms. The molecule has 21 heavy (non-hydrogen) atoms. The van der Waals surface area contributed by atoms with Crippen LogP contribution in [0.1, 0.15) is 26.3 Å². The van der Waals surface area contributed by atoms with Crippen molar-refractivity contribution in [3.05, 3.63) is 29.6 Å². The summed E-state index contributed by atoms with van der Waals surface area (Å²) in [7, 11) is 0. The van der Waals surface area contributed by atoms with E-state index < -0.39 is 0 Å². The predicted molar refractivity (Wildman–Crippen MR) is 82.0 cm³/mol. The molecule has 0 radical (unpaired) electrons. The lowest BCUT2D eigenvalue weighted by Gasteiger charge is -2.35. The normalized spacial score (nSPS) is 19.9. The number of aliphatic hydroxyl groups is 1. The number of anilines is 1. The highest BCUT2D eigenvalue weighted by molar-refractivity contribution is 5.54. The lowest BCUT2D eigenvalue weighted by Crippen LogP contribution is -2.44. The molecular weight excluding hydrogens is 271 g/mol. The molecule has 2 N–H and O–H groups in total. The van der Waals surface area contributed by atoms with E-state index in [1.807, 2.05) is 6.07 Å². The lowest BCUT2D eigenvalue weighted by atomic mass is 10.1. The largest absolute Gasteiger partial charge is 0.394 e. The van der Waals surface area contributed by atoms with E-state index in [0.717, 1.165) is 17.8 Å². The third-order valence-electron chi connectivity index (χ3n) is 3.53. The maximum absolute atomic E-state index is 13.6. The fourth-order valence-corrected chi connectivity index (χ4v) is 2.41. The summed E-state index contributed by atoms with van der Waals surface area (Å²) >= 11 is 0. The van der Waals surface area contributed by atoms with Gasteiger partial charge < -0.3 is 20.1 Å². The minimum Gasteiger partial charge on any atom is -0.394 e. The van der Waals surface area contributed by atoms with Gasteiger partial charge in [0.05, 0.1) is 19.3 Å². The summed E-state index contributed by atoms with van der Waals surface area (Å²) in [6.07, 6.45) is -0.174. The summed E-state index contributed by atoms with van der Waals surface area (Å²) in [5, 5.41) is 12.7. The van der Waals surface area contributed by atoms with Crippen LogP contribution in [0.25, 0.3) is 0 Å². The fourth-order valence-electron chi connectivity index (χ4n) is 2.41. The number of rotatable bonds is 4. The summed E-state index contributed by atoms with van der Waals surface area (Å²) in [4.78, 5) is 2.16. The van der Waals surface area contributed by atoms with Gasteiger partial charge in [-0.2, -0.15) is 0 Å². The molecular formula is C16H25FN2O2. The second-order valence-corrected chi connectivity index (χ2v) is 6.50. The van der Waals surface area contributed by atoms with Crippen LogP contribution in [-0.4, -0.2) is 43.1 Å². The molecule has 0 aromatic heterocycles. The Morgan fingerprint density at radius 2 is 2.19 bits per heavy atom. The number of hydrogen-bond donors (Lipinski definition) is 2. The van der Waals surface area contributed by atoms with Crippen LogP contribution in [-0.2, 0) is 11.3 Å². The average Bonchev–Trinajstić information content (AvgIpc) is 2.44. The van der Waals surface area contributed by atoms with Gasteiger partial charge in [-0.05, 0) is 44.5 Å². The van der Waals surface area contributed by atoms with Crippen molar-refractivity contribution in [2.24, 2.45) is 0 Å². The number of benzene rings is 1. The Morgan fingerprint density at radius 1 is 1.43 bits per heavy atom. The minimum absolute atomic E-state index is 0.00721. The fraction of sp³-hybridized carbons (Fsp3) is 0.625. The molecule has 118 valence electrons. The monoisotopic (exact) mass is 296 g/mol. The van der Waals surface area contributed by atoms with Crippen LogP contribution in [0.2, 0.25) is 0 Å². The van der Waals surface area contributed by atoms with Crippen LogP contribution in [0.4, 0.5) is 10.1 Å². The maximum Gasteiger partial charge on any atom is 0.123 e. The lowest BCUT2D eigenvalue weighted by molar-refractivity contribution is 0.00352. The Labute approximate surface area is 125 Å². The van der Waals surface area contributed by atoms with Crippen molar-refractivity contribution in [2.75, 3.05) is 31.2 Å². The van der Waals surface area contributed by atoms with Gasteiger partial charge in [0.25, 0.3) is 0 Å². The minimum atomic E-state index is -0.226. The Kier molecular flexibility index (Phi) is 5.19. The Bertz CT molecular complexity index is 474. The van der Waals surface area contributed by atoms with Crippen LogP contribution >= 0.6 is 0 Å². The first kappa shape index (κ1) is 16.2. The van der Waals surface area contributed by atoms with Crippen molar-refractivity contribution in [1.29, 1.82) is 0 Å². The number of morpholine rings is 1. The molecule has 2 rings (SSSR count). The van der Waals surface area contributed by atoms with Crippen molar-refractivity contribution in [3.63, 3.8) is 0 Å². The Hall–Kier alpha value is -1.17. The van der Waals surface area contributed by atoms with Crippen LogP contribution < -0.4 is 10.2 Å². The van der Waals surface area contributed by atoms with Gasteiger partial charge in [-0.15, -0.1) is 0 Å². The van der Waals surface area contributed by atoms with E-state index in [-0.39, 0.29) is 24.1 Å². The Balaban J connectivity index is 2.17. The zero-order chi connectivity index (χ0) is 15.5. The Morgan fingerprint density at radius 3 is 2.86 bits per heavy atom. The molecule has 0 amide bonds. The van der Waals surface area contributed by atoms with Crippen molar-refractivity contribution >= 4 is 5.69 Å².